The molecule has 2 aliphatic heterocycles. The Hall–Kier alpha value is -1.59. The highest BCUT2D eigenvalue weighted by Crippen LogP contribution is 2.40. The van der Waals surface area contributed by atoms with Gasteiger partial charge in [-0.3, -0.25) is 5.41 Å². The minimum Gasteiger partial charge on any atom is -0.494 e. The molecule has 1 fully saturated rings. The number of benzene rings is 1. The van der Waals surface area contributed by atoms with Crippen LogP contribution in [0.15, 0.2) is 18.2 Å². The van der Waals surface area contributed by atoms with E-state index in [0.717, 1.165) is 42.7 Å². The molecule has 2 heterocycles. The molecule has 120 valence electrons. The zero-order valence-electron chi connectivity index (χ0n) is 13.1. The van der Waals surface area contributed by atoms with Gasteiger partial charge >= 0.3 is 0 Å². The van der Waals surface area contributed by atoms with Gasteiger partial charge in [-0.2, -0.15) is 0 Å². The van der Waals surface area contributed by atoms with E-state index in [1.165, 1.54) is 19.3 Å². The molecular formula is C17H24N2O3. The van der Waals surface area contributed by atoms with Crippen LogP contribution in [0, 0.1) is 5.41 Å². The summed E-state index contributed by atoms with van der Waals surface area (Å²) in [5.41, 5.74) is 1.10. The number of fused-ring (bicyclic) bond motifs is 2. The maximum absolute atomic E-state index is 8.09. The number of hydrogen-bond donors (Lipinski definition) is 2. The summed E-state index contributed by atoms with van der Waals surface area (Å²) in [6, 6.07) is 5.84. The fraction of sp³-hybridized carbons (Fsp3) is 0.588. The summed E-state index contributed by atoms with van der Waals surface area (Å²) in [7, 11) is 0. The lowest BCUT2D eigenvalue weighted by Gasteiger charge is -2.32. The number of nitrogens with one attached hydrogen (secondary N) is 2. The van der Waals surface area contributed by atoms with Gasteiger partial charge in [-0.1, -0.05) is 26.2 Å². The minimum absolute atomic E-state index is 0.384. The monoisotopic (exact) mass is 304 g/mol. The van der Waals surface area contributed by atoms with E-state index in [0.29, 0.717) is 12.4 Å². The standard InChI is InChI=1S/C17H24N2O3/c1-2-3-4-5-10-20-13-7-8-14-15(12-13)17(19-16(14)18)9-6-11-21-22-17/h7-8,12H,2-6,9-11H2,1H3,(H2,18,19). The maximum Gasteiger partial charge on any atom is 0.200 e. The largest absolute Gasteiger partial charge is 0.494 e. The van der Waals surface area contributed by atoms with Gasteiger partial charge in [0.2, 0.25) is 5.72 Å². The van der Waals surface area contributed by atoms with Gasteiger partial charge in [-0.15, -0.1) is 0 Å². The minimum atomic E-state index is -0.716. The van der Waals surface area contributed by atoms with E-state index in [9.17, 15) is 0 Å². The van der Waals surface area contributed by atoms with Crippen molar-refractivity contribution in [1.82, 2.24) is 5.32 Å². The molecule has 5 nitrogen and oxygen atoms in total. The molecule has 3 rings (SSSR count). The lowest BCUT2D eigenvalue weighted by molar-refractivity contribution is -0.393. The molecule has 1 saturated heterocycles. The van der Waals surface area contributed by atoms with E-state index in [1.807, 2.05) is 18.2 Å². The topological polar surface area (TPSA) is 63.6 Å². The van der Waals surface area contributed by atoms with Crippen LogP contribution in [-0.2, 0) is 15.5 Å². The van der Waals surface area contributed by atoms with E-state index in [-0.39, 0.29) is 0 Å². The average Bonchev–Trinajstić information content (AvgIpc) is 2.80. The molecule has 2 N–H and O–H groups in total. The fourth-order valence-electron chi connectivity index (χ4n) is 3.05. The normalized spacial score (nSPS) is 23.4. The molecule has 0 bridgehead atoms. The van der Waals surface area contributed by atoms with Crippen LogP contribution in [0.5, 0.6) is 5.75 Å². The molecule has 1 aromatic rings. The summed E-state index contributed by atoms with van der Waals surface area (Å²) in [5, 5.41) is 11.2. The first kappa shape index (κ1) is 15.3. The van der Waals surface area contributed by atoms with Crippen molar-refractivity contribution in [2.45, 2.75) is 51.2 Å². The fourth-order valence-corrected chi connectivity index (χ4v) is 3.05. The third-order valence-corrected chi connectivity index (χ3v) is 4.25. The van der Waals surface area contributed by atoms with E-state index in [2.05, 4.69) is 12.2 Å². The quantitative estimate of drug-likeness (QED) is 0.624. The van der Waals surface area contributed by atoms with E-state index < -0.39 is 5.72 Å². The second kappa shape index (κ2) is 6.67. The first-order valence-corrected chi connectivity index (χ1v) is 8.20. The smallest absolute Gasteiger partial charge is 0.200 e. The lowest BCUT2D eigenvalue weighted by Crippen LogP contribution is -2.44. The Morgan fingerprint density at radius 3 is 3.00 bits per heavy atom. The predicted octanol–water partition coefficient (Wildman–Crippen LogP) is 3.47. The van der Waals surface area contributed by atoms with Crippen LogP contribution in [0.4, 0.5) is 0 Å². The first-order chi connectivity index (χ1) is 10.7. The number of unbranched alkanes of at least 4 members (excludes halogenated alkanes) is 3. The molecular weight excluding hydrogens is 280 g/mol. The molecule has 1 unspecified atom stereocenters. The number of hydrogen-bond acceptors (Lipinski definition) is 4. The molecule has 0 aliphatic carbocycles. The van der Waals surface area contributed by atoms with Crippen LogP contribution in [-0.4, -0.2) is 19.0 Å². The van der Waals surface area contributed by atoms with Crippen molar-refractivity contribution in [1.29, 1.82) is 5.41 Å². The van der Waals surface area contributed by atoms with Crippen molar-refractivity contribution in [3.63, 3.8) is 0 Å². The predicted molar refractivity (Wildman–Crippen MR) is 84.0 cm³/mol. The van der Waals surface area contributed by atoms with Gasteiger partial charge < -0.3 is 10.1 Å². The van der Waals surface area contributed by atoms with E-state index in [4.69, 9.17) is 19.9 Å². The molecule has 1 spiro atoms. The van der Waals surface area contributed by atoms with Gasteiger partial charge in [0.25, 0.3) is 0 Å². The Morgan fingerprint density at radius 1 is 1.32 bits per heavy atom. The molecule has 5 heteroatoms. The number of rotatable bonds is 6. The first-order valence-electron chi connectivity index (χ1n) is 8.20. The number of amidine groups is 1. The van der Waals surface area contributed by atoms with Gasteiger partial charge in [0, 0.05) is 17.5 Å². The van der Waals surface area contributed by atoms with Gasteiger partial charge in [-0.25, -0.2) is 9.78 Å². The van der Waals surface area contributed by atoms with Crippen LogP contribution < -0.4 is 10.1 Å². The molecule has 2 aliphatic rings. The molecule has 0 radical (unpaired) electrons. The molecule has 1 aromatic carbocycles. The van der Waals surface area contributed by atoms with Gasteiger partial charge in [-0.05, 0) is 31.0 Å². The van der Waals surface area contributed by atoms with Gasteiger partial charge in [0.05, 0.1) is 13.2 Å². The van der Waals surface area contributed by atoms with Gasteiger partial charge in [0.15, 0.2) is 0 Å². The maximum atomic E-state index is 8.09. The van der Waals surface area contributed by atoms with Crippen LogP contribution >= 0.6 is 0 Å². The molecule has 0 saturated carbocycles. The summed E-state index contributed by atoms with van der Waals surface area (Å²) in [5.74, 6) is 1.22. The Bertz CT molecular complexity index is 539. The van der Waals surface area contributed by atoms with Crippen molar-refractivity contribution in [3.8, 4) is 5.75 Å². The second-order valence-corrected chi connectivity index (χ2v) is 5.95. The average molecular weight is 304 g/mol. The van der Waals surface area contributed by atoms with E-state index >= 15 is 0 Å². The highest BCUT2D eigenvalue weighted by atomic mass is 17.2. The Balaban J connectivity index is 1.71. The van der Waals surface area contributed by atoms with Crippen molar-refractivity contribution in [2.75, 3.05) is 13.2 Å². The van der Waals surface area contributed by atoms with Gasteiger partial charge in [0.1, 0.15) is 11.6 Å². The Kier molecular flexibility index (Phi) is 4.64. The lowest BCUT2D eigenvalue weighted by atomic mass is 9.96. The molecule has 1 atom stereocenters. The van der Waals surface area contributed by atoms with Crippen LogP contribution in [0.3, 0.4) is 0 Å². The second-order valence-electron chi connectivity index (χ2n) is 5.95. The Morgan fingerprint density at radius 2 is 2.23 bits per heavy atom. The van der Waals surface area contributed by atoms with Crippen molar-refractivity contribution < 1.29 is 14.5 Å². The summed E-state index contributed by atoms with van der Waals surface area (Å²) >= 11 is 0. The highest BCUT2D eigenvalue weighted by Gasteiger charge is 2.45. The third-order valence-electron chi connectivity index (χ3n) is 4.25. The molecule has 0 amide bonds. The van der Waals surface area contributed by atoms with Crippen LogP contribution in [0.2, 0.25) is 0 Å². The highest BCUT2D eigenvalue weighted by molar-refractivity contribution is 6.01. The zero-order valence-corrected chi connectivity index (χ0v) is 13.1. The van der Waals surface area contributed by atoms with Crippen LogP contribution in [0.1, 0.15) is 56.6 Å². The SMILES string of the molecule is CCCCCCOc1ccc2c(c1)C1(CCCOO1)NC2=N. The van der Waals surface area contributed by atoms with Crippen LogP contribution in [0.25, 0.3) is 0 Å². The number of ether oxygens (including phenoxy) is 1. The molecule has 22 heavy (non-hydrogen) atoms. The summed E-state index contributed by atoms with van der Waals surface area (Å²) in [6.45, 7) is 3.53. The summed E-state index contributed by atoms with van der Waals surface area (Å²) in [4.78, 5) is 10.7. The van der Waals surface area contributed by atoms with Crippen molar-refractivity contribution in [3.05, 3.63) is 29.3 Å². The Labute approximate surface area is 131 Å². The van der Waals surface area contributed by atoms with Crippen molar-refractivity contribution in [2.24, 2.45) is 0 Å². The third kappa shape index (κ3) is 2.96. The molecule has 0 aromatic heterocycles. The summed E-state index contributed by atoms with van der Waals surface area (Å²) < 4.78 is 5.85. The van der Waals surface area contributed by atoms with E-state index in [1.54, 1.807) is 0 Å². The summed E-state index contributed by atoms with van der Waals surface area (Å²) in [6.07, 6.45) is 6.46. The van der Waals surface area contributed by atoms with Crippen molar-refractivity contribution >= 4 is 5.84 Å². The zero-order chi connectivity index (χ0) is 15.4.